The van der Waals surface area contributed by atoms with Gasteiger partial charge >= 0.3 is 0 Å². The quantitative estimate of drug-likeness (QED) is 0.695. The van der Waals surface area contributed by atoms with E-state index in [2.05, 4.69) is 5.32 Å². The predicted molar refractivity (Wildman–Crippen MR) is 78.2 cm³/mol. The van der Waals surface area contributed by atoms with Crippen molar-refractivity contribution in [3.05, 3.63) is 0 Å². The molecule has 0 spiro atoms. The van der Waals surface area contributed by atoms with Gasteiger partial charge in [0.15, 0.2) is 0 Å². The van der Waals surface area contributed by atoms with E-state index in [1.54, 1.807) is 0 Å². The number of amides is 2. The maximum Gasteiger partial charge on any atom is 0.222 e. The molecular weight excluding hydrogens is 256 g/mol. The van der Waals surface area contributed by atoms with Gasteiger partial charge in [-0.15, -0.1) is 0 Å². The lowest BCUT2D eigenvalue weighted by Gasteiger charge is -2.28. The SMILES string of the molecule is CC(=O)NCCCCCC(=O)N1CCCCCC1CO. The highest BCUT2D eigenvalue weighted by Crippen LogP contribution is 2.18. The molecule has 0 aromatic heterocycles. The monoisotopic (exact) mass is 284 g/mol. The van der Waals surface area contributed by atoms with E-state index in [0.29, 0.717) is 13.0 Å². The van der Waals surface area contributed by atoms with Crippen LogP contribution in [-0.2, 0) is 9.59 Å². The van der Waals surface area contributed by atoms with E-state index in [9.17, 15) is 14.7 Å². The van der Waals surface area contributed by atoms with Crippen LogP contribution in [0.1, 0.15) is 58.3 Å². The van der Waals surface area contributed by atoms with Gasteiger partial charge in [0.2, 0.25) is 11.8 Å². The molecule has 1 aliphatic rings. The van der Waals surface area contributed by atoms with E-state index in [1.165, 1.54) is 6.92 Å². The number of carbonyl (C=O) groups excluding carboxylic acids is 2. The van der Waals surface area contributed by atoms with Gasteiger partial charge in [0, 0.05) is 26.4 Å². The summed E-state index contributed by atoms with van der Waals surface area (Å²) in [6.45, 7) is 3.06. The Morgan fingerprint density at radius 3 is 2.70 bits per heavy atom. The molecule has 0 aromatic carbocycles. The Labute approximate surface area is 121 Å². The van der Waals surface area contributed by atoms with E-state index in [0.717, 1.165) is 51.5 Å². The van der Waals surface area contributed by atoms with Crippen molar-refractivity contribution in [1.82, 2.24) is 10.2 Å². The van der Waals surface area contributed by atoms with E-state index in [4.69, 9.17) is 0 Å². The Morgan fingerprint density at radius 2 is 2.00 bits per heavy atom. The number of aliphatic hydroxyl groups is 1. The lowest BCUT2D eigenvalue weighted by molar-refractivity contribution is -0.134. The number of likely N-dealkylation sites (tertiary alicyclic amines) is 1. The molecule has 2 N–H and O–H groups in total. The standard InChI is InChI=1S/C15H28N2O3/c1-13(19)16-10-6-2-5-9-15(20)17-11-7-3-4-8-14(17)12-18/h14,18H,2-12H2,1H3,(H,16,19). The van der Waals surface area contributed by atoms with Gasteiger partial charge in [0.1, 0.15) is 0 Å². The Balaban J connectivity index is 2.21. The molecule has 1 heterocycles. The number of carbonyl (C=O) groups is 2. The molecule has 2 amide bonds. The van der Waals surface area contributed by atoms with Crippen LogP contribution in [0.15, 0.2) is 0 Å². The van der Waals surface area contributed by atoms with Crippen LogP contribution in [0.2, 0.25) is 0 Å². The molecule has 5 heteroatoms. The lowest BCUT2D eigenvalue weighted by Crippen LogP contribution is -2.42. The van der Waals surface area contributed by atoms with Crippen molar-refractivity contribution < 1.29 is 14.7 Å². The Morgan fingerprint density at radius 1 is 1.20 bits per heavy atom. The first-order valence-corrected chi connectivity index (χ1v) is 7.80. The summed E-state index contributed by atoms with van der Waals surface area (Å²) in [7, 11) is 0. The minimum Gasteiger partial charge on any atom is -0.394 e. The van der Waals surface area contributed by atoms with Crippen LogP contribution in [-0.4, -0.2) is 47.6 Å². The molecule has 1 aliphatic heterocycles. The van der Waals surface area contributed by atoms with Crippen LogP contribution in [0, 0.1) is 0 Å². The van der Waals surface area contributed by atoms with Crippen LogP contribution in [0.5, 0.6) is 0 Å². The maximum absolute atomic E-state index is 12.2. The fourth-order valence-electron chi connectivity index (χ4n) is 2.68. The van der Waals surface area contributed by atoms with Gasteiger partial charge in [-0.05, 0) is 25.7 Å². The zero-order chi connectivity index (χ0) is 14.8. The third-order valence-corrected chi connectivity index (χ3v) is 3.85. The molecule has 1 rings (SSSR count). The third-order valence-electron chi connectivity index (χ3n) is 3.85. The number of nitrogens with one attached hydrogen (secondary N) is 1. The van der Waals surface area contributed by atoms with Gasteiger partial charge in [-0.2, -0.15) is 0 Å². The first kappa shape index (κ1) is 17.0. The fraction of sp³-hybridized carbons (Fsp3) is 0.867. The van der Waals surface area contributed by atoms with Crippen LogP contribution < -0.4 is 5.32 Å². The molecule has 0 aromatic rings. The number of aliphatic hydroxyl groups excluding tert-OH is 1. The smallest absolute Gasteiger partial charge is 0.222 e. The highest BCUT2D eigenvalue weighted by molar-refractivity contribution is 5.76. The molecule has 1 atom stereocenters. The molecule has 5 nitrogen and oxygen atoms in total. The average Bonchev–Trinajstić information content (AvgIpc) is 2.67. The summed E-state index contributed by atoms with van der Waals surface area (Å²) in [6, 6.07) is 0.0179. The Hall–Kier alpha value is -1.10. The highest BCUT2D eigenvalue weighted by Gasteiger charge is 2.24. The van der Waals surface area contributed by atoms with Gasteiger partial charge in [-0.1, -0.05) is 19.3 Å². The van der Waals surface area contributed by atoms with Gasteiger partial charge < -0.3 is 15.3 Å². The highest BCUT2D eigenvalue weighted by atomic mass is 16.3. The average molecular weight is 284 g/mol. The minimum atomic E-state index is -0.00330. The van der Waals surface area contributed by atoms with Gasteiger partial charge in [-0.3, -0.25) is 9.59 Å². The maximum atomic E-state index is 12.2. The molecule has 1 saturated heterocycles. The molecular formula is C15H28N2O3. The fourth-order valence-corrected chi connectivity index (χ4v) is 2.68. The second-order valence-electron chi connectivity index (χ2n) is 5.57. The molecule has 0 aliphatic carbocycles. The number of nitrogens with zero attached hydrogens (tertiary/aromatic N) is 1. The summed E-state index contributed by atoms with van der Waals surface area (Å²) >= 11 is 0. The zero-order valence-corrected chi connectivity index (χ0v) is 12.6. The van der Waals surface area contributed by atoms with Crippen molar-refractivity contribution in [2.24, 2.45) is 0 Å². The number of hydrogen-bond donors (Lipinski definition) is 2. The third kappa shape index (κ3) is 6.37. The van der Waals surface area contributed by atoms with Crippen molar-refractivity contribution in [3.8, 4) is 0 Å². The Bertz CT molecular complexity index is 307. The molecule has 20 heavy (non-hydrogen) atoms. The zero-order valence-electron chi connectivity index (χ0n) is 12.6. The van der Waals surface area contributed by atoms with Crippen LogP contribution >= 0.6 is 0 Å². The van der Waals surface area contributed by atoms with E-state index in [1.807, 2.05) is 4.90 Å². The first-order valence-electron chi connectivity index (χ1n) is 7.80. The second-order valence-corrected chi connectivity index (χ2v) is 5.57. The summed E-state index contributed by atoms with van der Waals surface area (Å²) in [5, 5.41) is 12.1. The van der Waals surface area contributed by atoms with Gasteiger partial charge in [-0.25, -0.2) is 0 Å². The topological polar surface area (TPSA) is 69.6 Å². The molecule has 0 saturated carbocycles. The molecule has 0 radical (unpaired) electrons. The summed E-state index contributed by atoms with van der Waals surface area (Å²) in [6.07, 6.45) is 7.49. The van der Waals surface area contributed by atoms with Crippen LogP contribution in [0.4, 0.5) is 0 Å². The summed E-state index contributed by atoms with van der Waals surface area (Å²) < 4.78 is 0. The molecule has 116 valence electrons. The second kappa shape index (κ2) is 9.75. The van der Waals surface area contributed by atoms with Crippen LogP contribution in [0.25, 0.3) is 0 Å². The normalized spacial score (nSPS) is 19.5. The van der Waals surface area contributed by atoms with Crippen molar-refractivity contribution >= 4 is 11.8 Å². The van der Waals surface area contributed by atoms with Crippen molar-refractivity contribution in [2.45, 2.75) is 64.3 Å². The van der Waals surface area contributed by atoms with Crippen molar-refractivity contribution in [2.75, 3.05) is 19.7 Å². The number of unbranched alkanes of at least 4 members (excludes halogenated alkanes) is 2. The summed E-state index contributed by atoms with van der Waals surface area (Å²) in [5.74, 6) is 0.168. The molecule has 0 bridgehead atoms. The van der Waals surface area contributed by atoms with Gasteiger partial charge in [0.05, 0.1) is 12.6 Å². The van der Waals surface area contributed by atoms with E-state index >= 15 is 0 Å². The van der Waals surface area contributed by atoms with Crippen molar-refractivity contribution in [3.63, 3.8) is 0 Å². The summed E-state index contributed by atoms with van der Waals surface area (Å²) in [5.41, 5.74) is 0. The Kier molecular flexibility index (Phi) is 8.26. The van der Waals surface area contributed by atoms with Gasteiger partial charge in [0.25, 0.3) is 0 Å². The van der Waals surface area contributed by atoms with E-state index < -0.39 is 0 Å². The van der Waals surface area contributed by atoms with Crippen LogP contribution in [0.3, 0.4) is 0 Å². The predicted octanol–water partition coefficient (Wildman–Crippen LogP) is 1.45. The van der Waals surface area contributed by atoms with Crippen molar-refractivity contribution in [1.29, 1.82) is 0 Å². The molecule has 1 fully saturated rings. The largest absolute Gasteiger partial charge is 0.394 e. The minimum absolute atomic E-state index is 0.00330. The molecule has 1 unspecified atom stereocenters. The number of hydrogen-bond acceptors (Lipinski definition) is 3. The summed E-state index contributed by atoms with van der Waals surface area (Å²) in [4.78, 5) is 24.8. The first-order chi connectivity index (χ1) is 9.65. The lowest BCUT2D eigenvalue weighted by atomic mass is 10.1. The van der Waals surface area contributed by atoms with E-state index in [-0.39, 0.29) is 24.5 Å². The number of rotatable bonds is 7.